The zero-order valence-corrected chi connectivity index (χ0v) is 10.9. The number of carboxylic acid groups (broad SMARTS) is 1. The van der Waals surface area contributed by atoms with Crippen LogP contribution in [0.2, 0.25) is 0 Å². The Morgan fingerprint density at radius 2 is 2.22 bits per heavy atom. The number of carbonyl (C=O) groups is 1. The predicted octanol–water partition coefficient (Wildman–Crippen LogP) is 1.42. The molecule has 0 aliphatic heterocycles. The Balaban J connectivity index is 2.44. The molecule has 0 atom stereocenters. The van der Waals surface area contributed by atoms with E-state index in [1.54, 1.807) is 0 Å². The molecule has 6 nitrogen and oxygen atoms in total. The normalized spacial score (nSPS) is 10.7. The maximum absolute atomic E-state index is 10.2. The van der Waals surface area contributed by atoms with E-state index in [0.29, 0.717) is 25.0 Å². The Labute approximate surface area is 106 Å². The van der Waals surface area contributed by atoms with Crippen molar-refractivity contribution in [2.24, 2.45) is 0 Å². The van der Waals surface area contributed by atoms with Crippen molar-refractivity contribution in [3.8, 4) is 0 Å². The molecule has 0 aliphatic carbocycles. The molecule has 18 heavy (non-hydrogen) atoms. The highest BCUT2D eigenvalue weighted by Gasteiger charge is 2.05. The van der Waals surface area contributed by atoms with E-state index in [0.717, 1.165) is 11.4 Å². The van der Waals surface area contributed by atoms with Crippen molar-refractivity contribution in [1.29, 1.82) is 0 Å². The van der Waals surface area contributed by atoms with Crippen molar-refractivity contribution < 1.29 is 14.6 Å². The van der Waals surface area contributed by atoms with Crippen LogP contribution in [0.5, 0.6) is 0 Å². The van der Waals surface area contributed by atoms with Crippen molar-refractivity contribution in [2.75, 3.05) is 25.1 Å². The molecule has 0 aromatic carbocycles. The topological polar surface area (TPSA) is 84.3 Å². The van der Waals surface area contributed by atoms with Crippen LogP contribution in [-0.2, 0) is 9.53 Å². The van der Waals surface area contributed by atoms with Crippen LogP contribution in [0.4, 0.5) is 5.95 Å². The molecule has 100 valence electrons. The fourth-order valence-corrected chi connectivity index (χ4v) is 1.36. The summed E-state index contributed by atoms with van der Waals surface area (Å²) in [6.07, 6.45) is 0. The zero-order valence-electron chi connectivity index (χ0n) is 10.9. The minimum atomic E-state index is -0.969. The Hall–Kier alpha value is -1.69. The van der Waals surface area contributed by atoms with Gasteiger partial charge in [0.2, 0.25) is 5.95 Å². The van der Waals surface area contributed by atoms with Crippen molar-refractivity contribution >= 4 is 11.9 Å². The Kier molecular flexibility index (Phi) is 5.51. The number of aryl methyl sites for hydroxylation is 1. The number of hydrogen-bond donors (Lipinski definition) is 2. The molecule has 0 spiro atoms. The van der Waals surface area contributed by atoms with Crippen LogP contribution in [0.1, 0.15) is 31.2 Å². The second-order valence-electron chi connectivity index (χ2n) is 4.29. The monoisotopic (exact) mass is 253 g/mol. The van der Waals surface area contributed by atoms with E-state index in [2.05, 4.69) is 29.1 Å². The van der Waals surface area contributed by atoms with E-state index in [1.807, 2.05) is 13.0 Å². The molecule has 0 amide bonds. The van der Waals surface area contributed by atoms with Gasteiger partial charge < -0.3 is 15.2 Å². The molecule has 1 heterocycles. The number of rotatable bonds is 7. The molecule has 6 heteroatoms. The first-order chi connectivity index (χ1) is 8.49. The molecule has 0 saturated heterocycles. The summed E-state index contributed by atoms with van der Waals surface area (Å²) in [4.78, 5) is 18.9. The van der Waals surface area contributed by atoms with E-state index in [4.69, 9.17) is 9.84 Å². The van der Waals surface area contributed by atoms with Gasteiger partial charge in [-0.05, 0) is 18.9 Å². The predicted molar refractivity (Wildman–Crippen MR) is 67.8 cm³/mol. The standard InChI is InChI=1S/C12H19N3O3/c1-8(2)10-6-9(3)14-12(15-10)13-4-5-18-7-11(16)17/h6,8H,4-5,7H2,1-3H3,(H,16,17)(H,13,14,15). The minimum absolute atomic E-state index is 0.284. The van der Waals surface area contributed by atoms with Crippen molar-refractivity contribution in [2.45, 2.75) is 26.7 Å². The second kappa shape index (κ2) is 6.90. The SMILES string of the molecule is Cc1cc(C(C)C)nc(NCCOCC(=O)O)n1. The number of ether oxygens (including phenoxy) is 1. The molecule has 0 radical (unpaired) electrons. The molecule has 0 aliphatic rings. The first kappa shape index (κ1) is 14.4. The minimum Gasteiger partial charge on any atom is -0.480 e. The van der Waals surface area contributed by atoms with Gasteiger partial charge in [-0.1, -0.05) is 13.8 Å². The molecule has 0 fully saturated rings. The van der Waals surface area contributed by atoms with Crippen molar-refractivity contribution in [3.63, 3.8) is 0 Å². The molecule has 1 aromatic rings. The highest BCUT2D eigenvalue weighted by molar-refractivity contribution is 5.67. The van der Waals surface area contributed by atoms with Crippen LogP contribution < -0.4 is 5.32 Å². The summed E-state index contributed by atoms with van der Waals surface area (Å²) < 4.78 is 4.91. The highest BCUT2D eigenvalue weighted by atomic mass is 16.5. The van der Waals surface area contributed by atoms with Crippen LogP contribution in [0.3, 0.4) is 0 Å². The van der Waals surface area contributed by atoms with E-state index in [1.165, 1.54) is 0 Å². The maximum atomic E-state index is 10.2. The second-order valence-corrected chi connectivity index (χ2v) is 4.29. The quantitative estimate of drug-likeness (QED) is 0.715. The van der Waals surface area contributed by atoms with Crippen molar-refractivity contribution in [1.82, 2.24) is 9.97 Å². The Morgan fingerprint density at radius 3 is 2.83 bits per heavy atom. The number of anilines is 1. The lowest BCUT2D eigenvalue weighted by Crippen LogP contribution is -2.15. The fraction of sp³-hybridized carbons (Fsp3) is 0.583. The zero-order chi connectivity index (χ0) is 13.5. The third-order valence-corrected chi connectivity index (χ3v) is 2.22. The number of nitrogens with one attached hydrogen (secondary N) is 1. The number of aliphatic carboxylic acids is 1. The average Bonchev–Trinajstić information content (AvgIpc) is 2.27. The molecule has 0 bridgehead atoms. The third kappa shape index (κ3) is 5.09. The molecular formula is C12H19N3O3. The van der Waals surface area contributed by atoms with Crippen LogP contribution in [0.25, 0.3) is 0 Å². The number of nitrogens with zero attached hydrogens (tertiary/aromatic N) is 2. The molecule has 1 rings (SSSR count). The highest BCUT2D eigenvalue weighted by Crippen LogP contribution is 2.14. The maximum Gasteiger partial charge on any atom is 0.329 e. The van der Waals surface area contributed by atoms with E-state index < -0.39 is 5.97 Å². The Morgan fingerprint density at radius 1 is 1.50 bits per heavy atom. The van der Waals surface area contributed by atoms with Gasteiger partial charge in [-0.2, -0.15) is 0 Å². The van der Waals surface area contributed by atoms with E-state index in [9.17, 15) is 4.79 Å². The number of hydrogen-bond acceptors (Lipinski definition) is 5. The van der Waals surface area contributed by atoms with Crippen LogP contribution in [-0.4, -0.2) is 40.8 Å². The van der Waals surface area contributed by atoms with Gasteiger partial charge in [-0.25, -0.2) is 14.8 Å². The molecule has 1 aromatic heterocycles. The fourth-order valence-electron chi connectivity index (χ4n) is 1.36. The summed E-state index contributed by atoms with van der Waals surface area (Å²) in [6, 6.07) is 1.96. The summed E-state index contributed by atoms with van der Waals surface area (Å²) in [5.41, 5.74) is 1.89. The number of aromatic nitrogens is 2. The summed E-state index contributed by atoms with van der Waals surface area (Å²) >= 11 is 0. The van der Waals surface area contributed by atoms with Gasteiger partial charge in [-0.3, -0.25) is 0 Å². The largest absolute Gasteiger partial charge is 0.480 e. The van der Waals surface area contributed by atoms with Gasteiger partial charge in [0.25, 0.3) is 0 Å². The van der Waals surface area contributed by atoms with Gasteiger partial charge in [0, 0.05) is 17.9 Å². The van der Waals surface area contributed by atoms with Crippen LogP contribution in [0, 0.1) is 6.92 Å². The summed E-state index contributed by atoms with van der Waals surface area (Å²) in [5, 5.41) is 11.4. The number of carboxylic acids is 1. The van der Waals surface area contributed by atoms with E-state index >= 15 is 0 Å². The van der Waals surface area contributed by atoms with Gasteiger partial charge in [0.05, 0.1) is 6.61 Å². The van der Waals surface area contributed by atoms with Gasteiger partial charge in [-0.15, -0.1) is 0 Å². The van der Waals surface area contributed by atoms with Gasteiger partial charge in [0.1, 0.15) is 6.61 Å². The van der Waals surface area contributed by atoms with Crippen LogP contribution in [0.15, 0.2) is 6.07 Å². The lowest BCUT2D eigenvalue weighted by molar-refractivity contribution is -0.142. The van der Waals surface area contributed by atoms with Gasteiger partial charge >= 0.3 is 5.97 Å². The first-order valence-corrected chi connectivity index (χ1v) is 5.88. The molecule has 0 unspecified atom stereocenters. The summed E-state index contributed by atoms with van der Waals surface area (Å²) in [7, 11) is 0. The van der Waals surface area contributed by atoms with Gasteiger partial charge in [0.15, 0.2) is 0 Å². The molecule has 2 N–H and O–H groups in total. The summed E-state index contributed by atoms with van der Waals surface area (Å²) in [5.74, 6) is -0.0722. The first-order valence-electron chi connectivity index (χ1n) is 5.88. The molecular weight excluding hydrogens is 234 g/mol. The lowest BCUT2D eigenvalue weighted by Gasteiger charge is -2.10. The smallest absolute Gasteiger partial charge is 0.329 e. The average molecular weight is 253 g/mol. The van der Waals surface area contributed by atoms with E-state index in [-0.39, 0.29) is 6.61 Å². The Bertz CT molecular complexity index is 408. The summed E-state index contributed by atoms with van der Waals surface area (Å²) in [6.45, 7) is 6.56. The lowest BCUT2D eigenvalue weighted by atomic mass is 10.1. The molecule has 0 saturated carbocycles. The van der Waals surface area contributed by atoms with Crippen LogP contribution >= 0.6 is 0 Å². The van der Waals surface area contributed by atoms with Crippen molar-refractivity contribution in [3.05, 3.63) is 17.5 Å². The third-order valence-electron chi connectivity index (χ3n) is 2.22.